The molecule has 68 valence electrons. The molecule has 0 saturated carbocycles. The van der Waals surface area contributed by atoms with E-state index in [0.29, 0.717) is 6.61 Å². The molecule has 1 unspecified atom stereocenters. The van der Waals surface area contributed by atoms with Crippen molar-refractivity contribution in [3.8, 4) is 12.3 Å². The summed E-state index contributed by atoms with van der Waals surface area (Å²) in [7, 11) is -3.16. The maximum atomic E-state index is 11.1. The Balaban J connectivity index is 2.44. The molecule has 1 aliphatic heterocycles. The summed E-state index contributed by atoms with van der Waals surface area (Å²) < 4.78 is 32.0. The average Bonchev–Trinajstić information content (AvgIpc) is 2.38. The van der Waals surface area contributed by atoms with E-state index in [4.69, 9.17) is 15.9 Å². The third-order valence-electron chi connectivity index (χ3n) is 1.43. The molecular formula is C7H10O4S. The van der Waals surface area contributed by atoms with E-state index >= 15 is 0 Å². The van der Waals surface area contributed by atoms with Gasteiger partial charge in [-0.05, 0) is 0 Å². The molecule has 0 N–H and O–H groups in total. The van der Waals surface area contributed by atoms with Crippen LogP contribution in [0.25, 0.3) is 0 Å². The molecule has 0 amide bonds. The highest BCUT2D eigenvalue weighted by Crippen LogP contribution is 2.06. The summed E-state index contributed by atoms with van der Waals surface area (Å²) in [5, 5.41) is 0. The van der Waals surface area contributed by atoms with Crippen LogP contribution in [0, 0.1) is 12.3 Å². The van der Waals surface area contributed by atoms with Crippen molar-refractivity contribution in [3.63, 3.8) is 0 Å². The molecule has 1 aliphatic rings. The largest absolute Gasteiger partial charge is 0.353 e. The van der Waals surface area contributed by atoms with E-state index in [9.17, 15) is 8.42 Å². The highest BCUT2D eigenvalue weighted by Gasteiger charge is 2.22. The van der Waals surface area contributed by atoms with E-state index in [0.717, 1.165) is 0 Å². The number of terminal acetylenes is 1. The fraction of sp³-hybridized carbons (Fsp3) is 0.714. The summed E-state index contributed by atoms with van der Waals surface area (Å²) in [6.07, 6.45) is 4.54. The summed E-state index contributed by atoms with van der Waals surface area (Å²) in [4.78, 5) is 0. The minimum Gasteiger partial charge on any atom is -0.353 e. The number of ether oxygens (including phenoxy) is 2. The Morgan fingerprint density at radius 2 is 2.33 bits per heavy atom. The summed E-state index contributed by atoms with van der Waals surface area (Å²) in [5.41, 5.74) is 0. The Bertz CT molecular complexity index is 268. The molecule has 1 atom stereocenters. The first-order valence-electron chi connectivity index (χ1n) is 3.47. The molecule has 0 spiro atoms. The molecular weight excluding hydrogens is 180 g/mol. The number of hydrogen-bond acceptors (Lipinski definition) is 4. The lowest BCUT2D eigenvalue weighted by atomic mass is 10.4. The molecule has 0 bridgehead atoms. The maximum absolute atomic E-state index is 11.1. The number of hydrogen-bond donors (Lipinski definition) is 0. The monoisotopic (exact) mass is 190 g/mol. The van der Waals surface area contributed by atoms with Crippen molar-refractivity contribution < 1.29 is 17.9 Å². The van der Waals surface area contributed by atoms with E-state index in [1.165, 1.54) is 0 Å². The van der Waals surface area contributed by atoms with Crippen LogP contribution >= 0.6 is 0 Å². The minimum atomic E-state index is -3.16. The van der Waals surface area contributed by atoms with E-state index in [-0.39, 0.29) is 24.4 Å². The van der Waals surface area contributed by atoms with E-state index in [1.54, 1.807) is 0 Å². The second-order valence-electron chi connectivity index (χ2n) is 2.54. The zero-order valence-electron chi connectivity index (χ0n) is 6.52. The maximum Gasteiger partial charge on any atom is 0.164 e. The first-order valence-corrected chi connectivity index (χ1v) is 5.29. The van der Waals surface area contributed by atoms with Gasteiger partial charge in [-0.2, -0.15) is 0 Å². The summed E-state index contributed by atoms with van der Waals surface area (Å²) in [6, 6.07) is 0. The number of rotatable bonds is 3. The van der Waals surface area contributed by atoms with Crippen LogP contribution in [0.3, 0.4) is 0 Å². The molecule has 1 heterocycles. The van der Waals surface area contributed by atoms with Gasteiger partial charge in [0.15, 0.2) is 9.84 Å². The number of sulfone groups is 1. The topological polar surface area (TPSA) is 52.6 Å². The van der Waals surface area contributed by atoms with Crippen molar-refractivity contribution in [2.24, 2.45) is 0 Å². The van der Waals surface area contributed by atoms with Crippen molar-refractivity contribution >= 4 is 9.84 Å². The summed E-state index contributed by atoms with van der Waals surface area (Å²) in [5.74, 6) is 1.82. The first-order chi connectivity index (χ1) is 5.64. The van der Waals surface area contributed by atoms with Gasteiger partial charge in [0.2, 0.25) is 0 Å². The molecule has 0 radical (unpaired) electrons. The van der Waals surface area contributed by atoms with Gasteiger partial charge >= 0.3 is 0 Å². The predicted molar refractivity (Wildman–Crippen MR) is 43.2 cm³/mol. The minimum absolute atomic E-state index is 0.0444. The molecule has 5 heteroatoms. The van der Waals surface area contributed by atoms with E-state index in [2.05, 4.69) is 5.92 Å². The Kier molecular flexibility index (Phi) is 3.09. The van der Waals surface area contributed by atoms with Crippen LogP contribution in [0.4, 0.5) is 0 Å². The first kappa shape index (κ1) is 9.52. The molecule has 1 saturated heterocycles. The van der Waals surface area contributed by atoms with Crippen molar-refractivity contribution in [2.45, 2.75) is 6.10 Å². The molecule has 4 nitrogen and oxygen atoms in total. The SMILES string of the molecule is C#CCS(=O)(=O)CC1COCO1. The smallest absolute Gasteiger partial charge is 0.164 e. The van der Waals surface area contributed by atoms with Gasteiger partial charge in [0.1, 0.15) is 12.5 Å². The highest BCUT2D eigenvalue weighted by molar-refractivity contribution is 7.91. The van der Waals surface area contributed by atoms with Crippen LogP contribution in [-0.2, 0) is 19.3 Å². The molecule has 1 fully saturated rings. The average molecular weight is 190 g/mol. The zero-order valence-corrected chi connectivity index (χ0v) is 7.34. The highest BCUT2D eigenvalue weighted by atomic mass is 32.2. The van der Waals surface area contributed by atoms with Crippen LogP contribution in [0.1, 0.15) is 0 Å². The molecule has 0 aromatic rings. The van der Waals surface area contributed by atoms with Crippen LogP contribution in [0.2, 0.25) is 0 Å². The summed E-state index contributed by atoms with van der Waals surface area (Å²) >= 11 is 0. The standard InChI is InChI=1S/C7H10O4S/c1-2-3-12(8,9)5-7-4-10-6-11-7/h1,7H,3-6H2. The van der Waals surface area contributed by atoms with Gasteiger partial charge in [-0.15, -0.1) is 6.42 Å². The quantitative estimate of drug-likeness (QED) is 0.558. The fourth-order valence-electron chi connectivity index (χ4n) is 0.937. The van der Waals surface area contributed by atoms with Gasteiger partial charge < -0.3 is 9.47 Å². The Morgan fingerprint density at radius 3 is 2.83 bits per heavy atom. The van der Waals surface area contributed by atoms with Crippen LogP contribution < -0.4 is 0 Å². The van der Waals surface area contributed by atoms with Crippen LogP contribution in [-0.4, -0.2) is 39.4 Å². The predicted octanol–water partition coefficient (Wildman–Crippen LogP) is -0.593. The van der Waals surface area contributed by atoms with Crippen molar-refractivity contribution in [2.75, 3.05) is 24.9 Å². The Labute approximate surface area is 71.8 Å². The van der Waals surface area contributed by atoms with Gasteiger partial charge in [-0.1, -0.05) is 5.92 Å². The van der Waals surface area contributed by atoms with Crippen LogP contribution in [0.5, 0.6) is 0 Å². The van der Waals surface area contributed by atoms with Gasteiger partial charge in [-0.3, -0.25) is 0 Å². The van der Waals surface area contributed by atoms with Crippen molar-refractivity contribution in [3.05, 3.63) is 0 Å². The Hall–Kier alpha value is -0.570. The third-order valence-corrected chi connectivity index (χ3v) is 2.92. The molecule has 0 aliphatic carbocycles. The molecule has 0 aromatic carbocycles. The second kappa shape index (κ2) is 3.90. The Morgan fingerprint density at radius 1 is 1.58 bits per heavy atom. The fourth-order valence-corrected chi connectivity index (χ4v) is 2.07. The van der Waals surface area contributed by atoms with E-state index < -0.39 is 9.84 Å². The molecule has 0 aromatic heterocycles. The normalized spacial score (nSPS) is 23.8. The van der Waals surface area contributed by atoms with Crippen molar-refractivity contribution in [1.29, 1.82) is 0 Å². The molecule has 12 heavy (non-hydrogen) atoms. The molecule has 1 rings (SSSR count). The van der Waals surface area contributed by atoms with Crippen molar-refractivity contribution in [1.82, 2.24) is 0 Å². The van der Waals surface area contributed by atoms with Gasteiger partial charge in [-0.25, -0.2) is 8.42 Å². The van der Waals surface area contributed by atoms with Gasteiger partial charge in [0.05, 0.1) is 18.5 Å². The summed E-state index contributed by atoms with van der Waals surface area (Å²) in [6.45, 7) is 0.514. The lowest BCUT2D eigenvalue weighted by molar-refractivity contribution is 0.0521. The van der Waals surface area contributed by atoms with E-state index in [1.807, 2.05) is 0 Å². The lowest BCUT2D eigenvalue weighted by Gasteiger charge is -2.05. The van der Waals surface area contributed by atoms with Gasteiger partial charge in [0.25, 0.3) is 0 Å². The second-order valence-corrected chi connectivity index (χ2v) is 4.65. The third kappa shape index (κ3) is 2.81. The zero-order chi connectivity index (χ0) is 9.03. The lowest BCUT2D eigenvalue weighted by Crippen LogP contribution is -2.24. The van der Waals surface area contributed by atoms with Gasteiger partial charge in [0, 0.05) is 0 Å². The van der Waals surface area contributed by atoms with Crippen LogP contribution in [0.15, 0.2) is 0 Å².